The highest BCUT2D eigenvalue weighted by atomic mass is 32.1. The number of hydrogen-bond acceptors (Lipinski definition) is 3. The zero-order chi connectivity index (χ0) is 12.4. The second kappa shape index (κ2) is 4.83. The molecule has 0 aromatic carbocycles. The molecule has 1 fully saturated rings. The van der Waals surface area contributed by atoms with Crippen LogP contribution < -0.4 is 5.73 Å². The highest BCUT2D eigenvalue weighted by Gasteiger charge is 2.26. The average Bonchev–Trinajstić information content (AvgIpc) is 2.74. The number of nitrogens with zero attached hydrogens (tertiary/aromatic N) is 3. The number of carbonyl (C=O) groups is 1. The maximum atomic E-state index is 12.2. The molecule has 1 aromatic rings. The Labute approximate surface area is 106 Å². The van der Waals surface area contributed by atoms with Gasteiger partial charge in [0.05, 0.1) is 4.99 Å². The van der Waals surface area contributed by atoms with Gasteiger partial charge in [-0.3, -0.25) is 9.48 Å². The molecule has 5 nitrogen and oxygen atoms in total. The molecule has 0 saturated carbocycles. The Morgan fingerprint density at radius 3 is 3.00 bits per heavy atom. The highest BCUT2D eigenvalue weighted by molar-refractivity contribution is 7.80. The van der Waals surface area contributed by atoms with Crippen molar-refractivity contribution in [2.45, 2.75) is 12.8 Å². The van der Waals surface area contributed by atoms with E-state index in [1.165, 1.54) is 0 Å². The topological polar surface area (TPSA) is 64.2 Å². The van der Waals surface area contributed by atoms with Crippen LogP contribution in [0.3, 0.4) is 0 Å². The molecule has 2 heterocycles. The molecule has 6 heteroatoms. The fraction of sp³-hybridized carbons (Fsp3) is 0.545. The van der Waals surface area contributed by atoms with Gasteiger partial charge in [-0.15, -0.1) is 0 Å². The quantitative estimate of drug-likeness (QED) is 0.781. The van der Waals surface area contributed by atoms with Crippen molar-refractivity contribution in [1.82, 2.24) is 14.7 Å². The summed E-state index contributed by atoms with van der Waals surface area (Å²) in [5, 5.41) is 4.01. The summed E-state index contributed by atoms with van der Waals surface area (Å²) in [5.41, 5.74) is 6.26. The molecule has 0 aliphatic carbocycles. The summed E-state index contributed by atoms with van der Waals surface area (Å²) < 4.78 is 1.59. The maximum Gasteiger partial charge on any atom is 0.272 e. The van der Waals surface area contributed by atoms with Gasteiger partial charge in [0.15, 0.2) is 0 Å². The number of carbonyl (C=O) groups excluding carboxylic acids is 1. The number of aromatic nitrogens is 2. The summed E-state index contributed by atoms with van der Waals surface area (Å²) in [4.78, 5) is 14.5. The molecule has 17 heavy (non-hydrogen) atoms. The predicted molar refractivity (Wildman–Crippen MR) is 68.6 cm³/mol. The standard InChI is InChI=1S/C11H16N4OS/c1-14-9(4-5-13-14)11(16)15-6-2-3-8(7-15)10(12)17/h4-5,8H,2-3,6-7H2,1H3,(H2,12,17). The summed E-state index contributed by atoms with van der Waals surface area (Å²) in [6.45, 7) is 1.39. The first kappa shape index (κ1) is 12.0. The van der Waals surface area contributed by atoms with Crippen LogP contribution in [0.1, 0.15) is 23.3 Å². The van der Waals surface area contributed by atoms with Gasteiger partial charge in [-0.25, -0.2) is 0 Å². The van der Waals surface area contributed by atoms with Crippen molar-refractivity contribution in [2.24, 2.45) is 18.7 Å². The number of rotatable bonds is 2. The molecule has 92 valence electrons. The lowest BCUT2D eigenvalue weighted by Crippen LogP contribution is -2.44. The summed E-state index contributed by atoms with van der Waals surface area (Å²) in [6.07, 6.45) is 3.55. The summed E-state index contributed by atoms with van der Waals surface area (Å²) >= 11 is 5.00. The lowest BCUT2D eigenvalue weighted by molar-refractivity contribution is 0.0692. The third-order valence-corrected chi connectivity index (χ3v) is 3.48. The van der Waals surface area contributed by atoms with E-state index in [-0.39, 0.29) is 11.8 Å². The van der Waals surface area contributed by atoms with E-state index in [0.29, 0.717) is 17.2 Å². The van der Waals surface area contributed by atoms with E-state index in [1.807, 2.05) is 4.90 Å². The predicted octanol–water partition coefficient (Wildman–Crippen LogP) is 0.558. The lowest BCUT2D eigenvalue weighted by atomic mass is 9.98. The SMILES string of the molecule is Cn1nccc1C(=O)N1CCCC(C(N)=S)C1. The van der Waals surface area contributed by atoms with Gasteiger partial charge in [-0.1, -0.05) is 12.2 Å². The van der Waals surface area contributed by atoms with Crippen LogP contribution in [-0.2, 0) is 7.05 Å². The van der Waals surface area contributed by atoms with Crippen molar-refractivity contribution < 1.29 is 4.79 Å². The van der Waals surface area contributed by atoms with Crippen LogP contribution in [-0.4, -0.2) is 38.7 Å². The molecule has 0 spiro atoms. The van der Waals surface area contributed by atoms with E-state index < -0.39 is 0 Å². The van der Waals surface area contributed by atoms with Crippen molar-refractivity contribution in [3.8, 4) is 0 Å². The Kier molecular flexibility index (Phi) is 3.42. The third-order valence-electron chi connectivity index (χ3n) is 3.15. The Morgan fingerprint density at radius 2 is 2.41 bits per heavy atom. The van der Waals surface area contributed by atoms with Crippen LogP contribution in [0.15, 0.2) is 12.3 Å². The van der Waals surface area contributed by atoms with Gasteiger partial charge in [-0.2, -0.15) is 5.10 Å². The second-order valence-corrected chi connectivity index (χ2v) is 4.80. The van der Waals surface area contributed by atoms with Gasteiger partial charge in [0.25, 0.3) is 5.91 Å². The third kappa shape index (κ3) is 2.46. The van der Waals surface area contributed by atoms with Crippen LogP contribution >= 0.6 is 12.2 Å². The highest BCUT2D eigenvalue weighted by Crippen LogP contribution is 2.18. The molecule has 1 aliphatic rings. The number of hydrogen-bond donors (Lipinski definition) is 1. The number of thiocarbonyl (C=S) groups is 1. The number of nitrogens with two attached hydrogens (primary N) is 1. The Hall–Kier alpha value is -1.43. The molecule has 2 rings (SSSR count). The van der Waals surface area contributed by atoms with Crippen molar-refractivity contribution >= 4 is 23.1 Å². The Balaban J connectivity index is 2.10. The molecule has 1 saturated heterocycles. The van der Waals surface area contributed by atoms with Gasteiger partial charge in [0.1, 0.15) is 5.69 Å². The molecule has 1 amide bonds. The molecular formula is C11H16N4OS. The van der Waals surface area contributed by atoms with Gasteiger partial charge in [0.2, 0.25) is 0 Å². The van der Waals surface area contributed by atoms with E-state index in [9.17, 15) is 4.79 Å². The number of piperidine rings is 1. The van der Waals surface area contributed by atoms with Crippen LogP contribution in [0.5, 0.6) is 0 Å². The first-order valence-electron chi connectivity index (χ1n) is 5.66. The van der Waals surface area contributed by atoms with Crippen molar-refractivity contribution in [1.29, 1.82) is 0 Å². The molecule has 1 aromatic heterocycles. The minimum atomic E-state index is 0.00551. The van der Waals surface area contributed by atoms with E-state index in [4.69, 9.17) is 18.0 Å². The van der Waals surface area contributed by atoms with Crippen molar-refractivity contribution in [3.63, 3.8) is 0 Å². The summed E-state index contributed by atoms with van der Waals surface area (Å²) in [6, 6.07) is 1.73. The van der Waals surface area contributed by atoms with Crippen molar-refractivity contribution in [2.75, 3.05) is 13.1 Å². The molecule has 1 atom stereocenters. The summed E-state index contributed by atoms with van der Waals surface area (Å²) in [5.74, 6) is 0.155. The minimum absolute atomic E-state index is 0.00551. The van der Waals surface area contributed by atoms with Gasteiger partial charge in [-0.05, 0) is 18.9 Å². The molecule has 1 aliphatic heterocycles. The first-order valence-corrected chi connectivity index (χ1v) is 6.07. The zero-order valence-electron chi connectivity index (χ0n) is 9.80. The van der Waals surface area contributed by atoms with E-state index in [2.05, 4.69) is 5.10 Å². The minimum Gasteiger partial charge on any atom is -0.393 e. The van der Waals surface area contributed by atoms with Gasteiger partial charge in [0, 0.05) is 32.3 Å². The van der Waals surface area contributed by atoms with E-state index >= 15 is 0 Å². The molecule has 2 N–H and O–H groups in total. The fourth-order valence-electron chi connectivity index (χ4n) is 2.14. The van der Waals surface area contributed by atoms with E-state index in [0.717, 1.165) is 19.4 Å². The van der Waals surface area contributed by atoms with Crippen LogP contribution in [0.2, 0.25) is 0 Å². The van der Waals surface area contributed by atoms with Crippen LogP contribution in [0, 0.1) is 5.92 Å². The first-order chi connectivity index (χ1) is 8.09. The smallest absolute Gasteiger partial charge is 0.272 e. The summed E-state index contributed by atoms with van der Waals surface area (Å²) in [7, 11) is 1.77. The normalized spacial score (nSPS) is 20.3. The van der Waals surface area contributed by atoms with Gasteiger partial charge >= 0.3 is 0 Å². The second-order valence-electron chi connectivity index (χ2n) is 4.33. The Bertz CT molecular complexity index is 442. The molecular weight excluding hydrogens is 236 g/mol. The maximum absolute atomic E-state index is 12.2. The Morgan fingerprint density at radius 1 is 1.65 bits per heavy atom. The number of likely N-dealkylation sites (tertiary alicyclic amines) is 1. The van der Waals surface area contributed by atoms with Crippen LogP contribution in [0.25, 0.3) is 0 Å². The largest absolute Gasteiger partial charge is 0.393 e. The number of amides is 1. The van der Waals surface area contributed by atoms with Gasteiger partial charge < -0.3 is 10.6 Å². The van der Waals surface area contributed by atoms with E-state index in [1.54, 1.807) is 24.0 Å². The van der Waals surface area contributed by atoms with Crippen LogP contribution in [0.4, 0.5) is 0 Å². The van der Waals surface area contributed by atoms with Crippen molar-refractivity contribution in [3.05, 3.63) is 18.0 Å². The average molecular weight is 252 g/mol. The molecule has 0 bridgehead atoms. The monoisotopic (exact) mass is 252 g/mol. The zero-order valence-corrected chi connectivity index (χ0v) is 10.6. The number of aryl methyl sites for hydroxylation is 1. The molecule has 0 radical (unpaired) electrons. The molecule has 1 unspecified atom stereocenters. The lowest BCUT2D eigenvalue weighted by Gasteiger charge is -2.32. The fourth-order valence-corrected chi connectivity index (χ4v) is 2.33.